The molecule has 0 aliphatic carbocycles. The topological polar surface area (TPSA) is 67.6 Å². The maximum Gasteiger partial charge on any atom is 0.251 e. The van der Waals surface area contributed by atoms with E-state index in [9.17, 15) is 9.18 Å². The molecule has 1 aromatic carbocycles. The molecule has 0 aromatic heterocycles. The minimum absolute atomic E-state index is 0.0325. The molecule has 0 unspecified atom stereocenters. The third-order valence-electron chi connectivity index (χ3n) is 2.47. The van der Waals surface area contributed by atoms with Crippen molar-refractivity contribution >= 4 is 11.6 Å². The number of rotatable bonds is 7. The molecular formula is C13H20FN3O2. The standard InChI is InChI=1S/C13H20FN3O2/c1-17(2)6-8-19-7-5-16-13(18)10-3-4-11(14)12(15)9-10/h3-4,9H,5-8,15H2,1-2H3,(H,16,18). The summed E-state index contributed by atoms with van der Waals surface area (Å²) < 4.78 is 18.3. The molecule has 0 bridgehead atoms. The lowest BCUT2D eigenvalue weighted by molar-refractivity contribution is 0.0900. The summed E-state index contributed by atoms with van der Waals surface area (Å²) in [6.07, 6.45) is 0. The van der Waals surface area contributed by atoms with Crippen LogP contribution in [-0.4, -0.2) is 51.2 Å². The zero-order valence-electron chi connectivity index (χ0n) is 11.3. The summed E-state index contributed by atoms with van der Waals surface area (Å²) in [5.74, 6) is -0.813. The van der Waals surface area contributed by atoms with Gasteiger partial charge < -0.3 is 20.7 Å². The zero-order valence-corrected chi connectivity index (χ0v) is 11.3. The van der Waals surface area contributed by atoms with E-state index in [-0.39, 0.29) is 11.6 Å². The van der Waals surface area contributed by atoms with Crippen LogP contribution in [0.4, 0.5) is 10.1 Å². The molecule has 0 aliphatic rings. The van der Waals surface area contributed by atoms with Gasteiger partial charge in [-0.15, -0.1) is 0 Å². The average molecular weight is 269 g/mol. The van der Waals surface area contributed by atoms with Gasteiger partial charge in [0.2, 0.25) is 0 Å². The first-order valence-electron chi connectivity index (χ1n) is 6.06. The van der Waals surface area contributed by atoms with Gasteiger partial charge in [0.05, 0.1) is 18.9 Å². The van der Waals surface area contributed by atoms with E-state index in [2.05, 4.69) is 5.32 Å². The lowest BCUT2D eigenvalue weighted by Crippen LogP contribution is -2.28. The highest BCUT2D eigenvalue weighted by molar-refractivity contribution is 5.94. The molecule has 1 rings (SSSR count). The number of amides is 1. The monoisotopic (exact) mass is 269 g/mol. The second-order valence-corrected chi connectivity index (χ2v) is 4.41. The van der Waals surface area contributed by atoms with Crippen LogP contribution in [0.3, 0.4) is 0 Å². The van der Waals surface area contributed by atoms with Crippen molar-refractivity contribution in [2.45, 2.75) is 0 Å². The van der Waals surface area contributed by atoms with E-state index in [4.69, 9.17) is 10.5 Å². The van der Waals surface area contributed by atoms with Gasteiger partial charge >= 0.3 is 0 Å². The van der Waals surface area contributed by atoms with Gasteiger partial charge in [-0.05, 0) is 32.3 Å². The van der Waals surface area contributed by atoms with Gasteiger partial charge in [-0.25, -0.2) is 4.39 Å². The minimum atomic E-state index is -0.524. The predicted molar refractivity (Wildman–Crippen MR) is 72.5 cm³/mol. The van der Waals surface area contributed by atoms with Crippen molar-refractivity contribution in [2.24, 2.45) is 0 Å². The van der Waals surface area contributed by atoms with E-state index < -0.39 is 5.82 Å². The van der Waals surface area contributed by atoms with Crippen molar-refractivity contribution in [2.75, 3.05) is 46.1 Å². The van der Waals surface area contributed by atoms with Crippen molar-refractivity contribution in [1.29, 1.82) is 0 Å². The van der Waals surface area contributed by atoms with Crippen LogP contribution in [0, 0.1) is 5.82 Å². The molecule has 0 radical (unpaired) electrons. The highest BCUT2D eigenvalue weighted by Gasteiger charge is 2.07. The van der Waals surface area contributed by atoms with Gasteiger partial charge in [-0.3, -0.25) is 4.79 Å². The smallest absolute Gasteiger partial charge is 0.251 e. The molecule has 0 atom stereocenters. The number of halogens is 1. The highest BCUT2D eigenvalue weighted by atomic mass is 19.1. The van der Waals surface area contributed by atoms with Crippen molar-refractivity contribution in [1.82, 2.24) is 10.2 Å². The van der Waals surface area contributed by atoms with Crippen LogP contribution < -0.4 is 11.1 Å². The Bertz CT molecular complexity index is 424. The molecule has 0 heterocycles. The third-order valence-corrected chi connectivity index (χ3v) is 2.47. The molecule has 1 amide bonds. The Balaban J connectivity index is 2.26. The van der Waals surface area contributed by atoms with E-state index >= 15 is 0 Å². The van der Waals surface area contributed by atoms with Crippen LogP contribution in [0.1, 0.15) is 10.4 Å². The molecule has 19 heavy (non-hydrogen) atoms. The molecule has 5 nitrogen and oxygen atoms in total. The molecule has 0 saturated heterocycles. The maximum atomic E-state index is 12.9. The highest BCUT2D eigenvalue weighted by Crippen LogP contribution is 2.11. The average Bonchev–Trinajstić information content (AvgIpc) is 2.36. The Kier molecular flexibility index (Phi) is 6.24. The lowest BCUT2D eigenvalue weighted by atomic mass is 10.2. The molecule has 106 valence electrons. The Morgan fingerprint density at radius 1 is 1.42 bits per heavy atom. The fourth-order valence-electron chi connectivity index (χ4n) is 1.37. The van der Waals surface area contributed by atoms with Crippen LogP contribution in [-0.2, 0) is 4.74 Å². The molecule has 1 aromatic rings. The van der Waals surface area contributed by atoms with Crippen molar-refractivity contribution in [3.8, 4) is 0 Å². The number of hydrogen-bond acceptors (Lipinski definition) is 4. The van der Waals surface area contributed by atoms with Gasteiger partial charge in [-0.1, -0.05) is 0 Å². The molecule has 0 saturated carbocycles. The summed E-state index contributed by atoms with van der Waals surface area (Å²) in [6.45, 7) is 2.30. The number of likely N-dealkylation sites (N-methyl/N-ethyl adjacent to an activating group) is 1. The van der Waals surface area contributed by atoms with Crippen LogP contribution in [0.2, 0.25) is 0 Å². The first kappa shape index (κ1) is 15.4. The van der Waals surface area contributed by atoms with E-state index in [0.717, 1.165) is 6.54 Å². The van der Waals surface area contributed by atoms with Crippen molar-refractivity contribution < 1.29 is 13.9 Å². The Labute approximate surface area is 112 Å². The first-order valence-corrected chi connectivity index (χ1v) is 6.06. The second-order valence-electron chi connectivity index (χ2n) is 4.41. The fourth-order valence-corrected chi connectivity index (χ4v) is 1.37. The normalized spacial score (nSPS) is 10.7. The summed E-state index contributed by atoms with van der Waals surface area (Å²) in [7, 11) is 3.92. The molecule has 0 fully saturated rings. The maximum absolute atomic E-state index is 12.9. The molecule has 0 aliphatic heterocycles. The van der Waals surface area contributed by atoms with E-state index in [1.54, 1.807) is 0 Å². The summed E-state index contributed by atoms with van der Waals surface area (Å²) in [5.41, 5.74) is 5.70. The van der Waals surface area contributed by atoms with Gasteiger partial charge in [0, 0.05) is 18.7 Å². The quantitative estimate of drug-likeness (QED) is 0.565. The van der Waals surface area contributed by atoms with Crippen LogP contribution >= 0.6 is 0 Å². The van der Waals surface area contributed by atoms with Crippen LogP contribution in [0.5, 0.6) is 0 Å². The minimum Gasteiger partial charge on any atom is -0.396 e. The summed E-state index contributed by atoms with van der Waals surface area (Å²) in [5, 5.41) is 2.68. The molecular weight excluding hydrogens is 249 g/mol. The number of carbonyl (C=O) groups is 1. The third kappa shape index (κ3) is 5.67. The fraction of sp³-hybridized carbons (Fsp3) is 0.462. The molecule has 0 spiro atoms. The second kappa shape index (κ2) is 7.70. The number of nitrogen functional groups attached to an aromatic ring is 1. The number of nitrogens with zero attached hydrogens (tertiary/aromatic N) is 1. The number of anilines is 1. The number of nitrogens with two attached hydrogens (primary N) is 1. The van der Waals surface area contributed by atoms with Gasteiger partial charge in [0.15, 0.2) is 0 Å². The van der Waals surface area contributed by atoms with Crippen LogP contribution in [0.25, 0.3) is 0 Å². The Morgan fingerprint density at radius 2 is 2.16 bits per heavy atom. The van der Waals surface area contributed by atoms with E-state index in [0.29, 0.717) is 25.3 Å². The van der Waals surface area contributed by atoms with E-state index in [1.807, 2.05) is 19.0 Å². The summed E-state index contributed by atoms with van der Waals surface area (Å²) >= 11 is 0. The Hall–Kier alpha value is -1.66. The number of nitrogens with one attached hydrogen (secondary N) is 1. The first-order chi connectivity index (χ1) is 9.00. The number of benzene rings is 1. The SMILES string of the molecule is CN(C)CCOCCNC(=O)c1ccc(F)c(N)c1. The van der Waals surface area contributed by atoms with Gasteiger partial charge in [0.25, 0.3) is 5.91 Å². The van der Waals surface area contributed by atoms with E-state index in [1.165, 1.54) is 18.2 Å². The number of carbonyl (C=O) groups excluding carboxylic acids is 1. The number of ether oxygens (including phenoxy) is 1. The zero-order chi connectivity index (χ0) is 14.3. The molecule has 3 N–H and O–H groups in total. The summed E-state index contributed by atoms with van der Waals surface area (Å²) in [4.78, 5) is 13.7. The van der Waals surface area contributed by atoms with Gasteiger partial charge in [-0.2, -0.15) is 0 Å². The Morgan fingerprint density at radius 3 is 2.79 bits per heavy atom. The van der Waals surface area contributed by atoms with Crippen LogP contribution in [0.15, 0.2) is 18.2 Å². The predicted octanol–water partition coefficient (Wildman–Crippen LogP) is 0.716. The van der Waals surface area contributed by atoms with Crippen molar-refractivity contribution in [3.05, 3.63) is 29.6 Å². The van der Waals surface area contributed by atoms with Gasteiger partial charge in [0.1, 0.15) is 5.82 Å². The lowest BCUT2D eigenvalue weighted by Gasteiger charge is -2.10. The largest absolute Gasteiger partial charge is 0.396 e. The molecule has 6 heteroatoms. The van der Waals surface area contributed by atoms with Crippen molar-refractivity contribution in [3.63, 3.8) is 0 Å². The summed E-state index contributed by atoms with van der Waals surface area (Å²) in [6, 6.07) is 3.89. The number of hydrogen-bond donors (Lipinski definition) is 2.